The second-order valence-electron chi connectivity index (χ2n) is 3.47. The number of nitrogens with one attached hydrogen (secondary N) is 2. The number of benzene rings is 1. The van der Waals surface area contributed by atoms with Gasteiger partial charge in [-0.3, -0.25) is 5.10 Å². The topological polar surface area (TPSA) is 53.6 Å². The van der Waals surface area contributed by atoms with Gasteiger partial charge in [-0.05, 0) is 19.2 Å². The Labute approximate surface area is 99.1 Å². The first-order valence-electron chi connectivity index (χ1n) is 5.11. The Morgan fingerprint density at radius 3 is 3.06 bits per heavy atom. The molecule has 84 valence electrons. The molecule has 2 rings (SSSR count). The number of rotatable bonds is 4. The Morgan fingerprint density at radius 2 is 2.31 bits per heavy atom. The number of likely N-dealkylation sites (N-methyl/N-ethyl adjacent to an activating group) is 1. The number of halogens is 1. The smallest absolute Gasteiger partial charge is 0.181 e. The van der Waals surface area contributed by atoms with Gasteiger partial charge in [0.25, 0.3) is 0 Å². The van der Waals surface area contributed by atoms with E-state index >= 15 is 0 Å². The van der Waals surface area contributed by atoms with Crippen molar-refractivity contribution in [3.63, 3.8) is 0 Å². The van der Waals surface area contributed by atoms with Crippen molar-refractivity contribution in [2.24, 2.45) is 0 Å². The number of nitrogens with zero attached hydrogens (tertiary/aromatic N) is 2. The van der Waals surface area contributed by atoms with Crippen LogP contribution < -0.4 is 5.32 Å². The molecule has 0 amide bonds. The van der Waals surface area contributed by atoms with Crippen molar-refractivity contribution in [3.8, 4) is 11.4 Å². The van der Waals surface area contributed by atoms with Gasteiger partial charge in [-0.15, -0.1) is 0 Å². The molecular formula is C11H13ClN4. The van der Waals surface area contributed by atoms with Gasteiger partial charge in [0, 0.05) is 23.6 Å². The lowest BCUT2D eigenvalue weighted by molar-refractivity contribution is 0.758. The van der Waals surface area contributed by atoms with Crippen LogP contribution in [0.25, 0.3) is 11.4 Å². The van der Waals surface area contributed by atoms with Crippen LogP contribution in [-0.4, -0.2) is 28.8 Å². The fraction of sp³-hybridized carbons (Fsp3) is 0.273. The number of aromatic amines is 1. The molecule has 2 N–H and O–H groups in total. The lowest BCUT2D eigenvalue weighted by Crippen LogP contribution is -2.11. The quantitative estimate of drug-likeness (QED) is 0.853. The van der Waals surface area contributed by atoms with Crippen LogP contribution >= 0.6 is 11.6 Å². The van der Waals surface area contributed by atoms with E-state index in [0.717, 1.165) is 24.4 Å². The van der Waals surface area contributed by atoms with E-state index in [1.165, 1.54) is 0 Å². The Morgan fingerprint density at radius 1 is 1.44 bits per heavy atom. The van der Waals surface area contributed by atoms with Crippen LogP contribution in [0.5, 0.6) is 0 Å². The number of H-pyrrole nitrogens is 1. The molecule has 0 saturated carbocycles. The van der Waals surface area contributed by atoms with Crippen molar-refractivity contribution in [3.05, 3.63) is 35.1 Å². The van der Waals surface area contributed by atoms with E-state index in [-0.39, 0.29) is 0 Å². The third-order valence-corrected chi connectivity index (χ3v) is 2.46. The molecule has 2 aromatic rings. The first kappa shape index (κ1) is 11.1. The van der Waals surface area contributed by atoms with E-state index in [2.05, 4.69) is 20.5 Å². The van der Waals surface area contributed by atoms with Crippen molar-refractivity contribution in [2.45, 2.75) is 6.42 Å². The van der Waals surface area contributed by atoms with E-state index in [1.54, 1.807) is 0 Å². The normalized spacial score (nSPS) is 10.6. The van der Waals surface area contributed by atoms with Gasteiger partial charge in [0.15, 0.2) is 5.82 Å². The van der Waals surface area contributed by atoms with Crippen molar-refractivity contribution in [1.29, 1.82) is 0 Å². The van der Waals surface area contributed by atoms with Crippen LogP contribution in [0.4, 0.5) is 0 Å². The molecule has 0 aliphatic heterocycles. The summed E-state index contributed by atoms with van der Waals surface area (Å²) < 4.78 is 0. The van der Waals surface area contributed by atoms with Crippen LogP contribution in [0.15, 0.2) is 24.3 Å². The average molecular weight is 237 g/mol. The number of aromatic nitrogens is 3. The summed E-state index contributed by atoms with van der Waals surface area (Å²) >= 11 is 5.91. The number of hydrogen-bond acceptors (Lipinski definition) is 3. The van der Waals surface area contributed by atoms with Crippen molar-refractivity contribution in [1.82, 2.24) is 20.5 Å². The zero-order chi connectivity index (χ0) is 11.4. The molecule has 5 heteroatoms. The van der Waals surface area contributed by atoms with Gasteiger partial charge in [0.1, 0.15) is 5.82 Å². The highest BCUT2D eigenvalue weighted by Gasteiger charge is 2.05. The van der Waals surface area contributed by atoms with Gasteiger partial charge < -0.3 is 5.32 Å². The number of hydrogen-bond donors (Lipinski definition) is 2. The SMILES string of the molecule is CNCCc1nc(-c2cccc(Cl)c2)n[nH]1. The predicted octanol–water partition coefficient (Wildman–Crippen LogP) is 1.89. The van der Waals surface area contributed by atoms with Crippen LogP contribution in [0.1, 0.15) is 5.82 Å². The summed E-state index contributed by atoms with van der Waals surface area (Å²) in [6.45, 7) is 0.879. The van der Waals surface area contributed by atoms with Gasteiger partial charge >= 0.3 is 0 Å². The predicted molar refractivity (Wildman–Crippen MR) is 64.5 cm³/mol. The van der Waals surface area contributed by atoms with Crippen LogP contribution in [0.2, 0.25) is 5.02 Å². The first-order valence-corrected chi connectivity index (χ1v) is 5.49. The molecule has 0 atom stereocenters. The van der Waals surface area contributed by atoms with Gasteiger partial charge in [0.05, 0.1) is 0 Å². The minimum absolute atomic E-state index is 0.689. The van der Waals surface area contributed by atoms with Gasteiger partial charge in [-0.2, -0.15) is 5.10 Å². The molecule has 1 aromatic heterocycles. The Bertz CT molecular complexity index is 467. The van der Waals surface area contributed by atoms with E-state index in [4.69, 9.17) is 11.6 Å². The molecule has 4 nitrogen and oxygen atoms in total. The summed E-state index contributed by atoms with van der Waals surface area (Å²) in [7, 11) is 1.91. The molecule has 0 radical (unpaired) electrons. The molecule has 16 heavy (non-hydrogen) atoms. The highest BCUT2D eigenvalue weighted by atomic mass is 35.5. The van der Waals surface area contributed by atoms with Gasteiger partial charge in [-0.25, -0.2) is 4.98 Å². The minimum atomic E-state index is 0.689. The highest BCUT2D eigenvalue weighted by Crippen LogP contribution is 2.18. The average Bonchev–Trinajstić information content (AvgIpc) is 2.75. The molecule has 1 aromatic carbocycles. The monoisotopic (exact) mass is 236 g/mol. The zero-order valence-electron chi connectivity index (χ0n) is 9.00. The van der Waals surface area contributed by atoms with E-state index in [1.807, 2.05) is 31.3 Å². The maximum atomic E-state index is 5.91. The van der Waals surface area contributed by atoms with Gasteiger partial charge in [0.2, 0.25) is 0 Å². The van der Waals surface area contributed by atoms with Gasteiger partial charge in [-0.1, -0.05) is 23.7 Å². The summed E-state index contributed by atoms with van der Waals surface area (Å²) in [4.78, 5) is 4.39. The lowest BCUT2D eigenvalue weighted by Gasteiger charge is -1.95. The summed E-state index contributed by atoms with van der Waals surface area (Å²) in [5.74, 6) is 1.57. The molecular weight excluding hydrogens is 224 g/mol. The maximum absolute atomic E-state index is 5.91. The standard InChI is InChI=1S/C11H13ClN4/c1-13-6-5-10-14-11(16-15-10)8-3-2-4-9(12)7-8/h2-4,7,13H,5-6H2,1H3,(H,14,15,16). The van der Waals surface area contributed by atoms with E-state index in [0.29, 0.717) is 10.8 Å². The third kappa shape index (κ3) is 2.59. The molecule has 0 aliphatic carbocycles. The summed E-state index contributed by atoms with van der Waals surface area (Å²) in [5.41, 5.74) is 0.930. The Balaban J connectivity index is 2.18. The van der Waals surface area contributed by atoms with Crippen LogP contribution in [0, 0.1) is 0 Å². The largest absolute Gasteiger partial charge is 0.319 e. The molecule has 0 fully saturated rings. The lowest BCUT2D eigenvalue weighted by atomic mass is 10.2. The summed E-state index contributed by atoms with van der Waals surface area (Å²) in [6.07, 6.45) is 0.837. The molecule has 0 bridgehead atoms. The van der Waals surface area contributed by atoms with Crippen molar-refractivity contribution < 1.29 is 0 Å². The maximum Gasteiger partial charge on any atom is 0.181 e. The second-order valence-corrected chi connectivity index (χ2v) is 3.91. The third-order valence-electron chi connectivity index (χ3n) is 2.23. The molecule has 0 aliphatic rings. The highest BCUT2D eigenvalue weighted by molar-refractivity contribution is 6.30. The van der Waals surface area contributed by atoms with E-state index in [9.17, 15) is 0 Å². The van der Waals surface area contributed by atoms with Crippen molar-refractivity contribution >= 4 is 11.6 Å². The fourth-order valence-electron chi connectivity index (χ4n) is 1.41. The van der Waals surface area contributed by atoms with E-state index < -0.39 is 0 Å². The minimum Gasteiger partial charge on any atom is -0.319 e. The van der Waals surface area contributed by atoms with Crippen LogP contribution in [-0.2, 0) is 6.42 Å². The first-order chi connectivity index (χ1) is 7.79. The zero-order valence-corrected chi connectivity index (χ0v) is 9.75. The summed E-state index contributed by atoms with van der Waals surface area (Å²) in [6, 6.07) is 7.52. The molecule has 0 unspecified atom stereocenters. The van der Waals surface area contributed by atoms with Crippen molar-refractivity contribution in [2.75, 3.05) is 13.6 Å². The fourth-order valence-corrected chi connectivity index (χ4v) is 1.60. The Hall–Kier alpha value is -1.39. The Kier molecular flexibility index (Phi) is 3.54. The second kappa shape index (κ2) is 5.09. The summed E-state index contributed by atoms with van der Waals surface area (Å²) in [5, 5.41) is 10.8. The van der Waals surface area contributed by atoms with Crippen LogP contribution in [0.3, 0.4) is 0 Å². The molecule has 1 heterocycles. The molecule has 0 spiro atoms. The molecule has 0 saturated heterocycles.